The topological polar surface area (TPSA) is 35.5 Å². The van der Waals surface area contributed by atoms with Crippen LogP contribution in [0.2, 0.25) is 0 Å². The van der Waals surface area contributed by atoms with Gasteiger partial charge in [0.05, 0.1) is 0 Å². The smallest absolute Gasteiger partial charge is 0.430 e. The third-order valence-electron chi connectivity index (χ3n) is 1.94. The van der Waals surface area contributed by atoms with Crippen LogP contribution in [-0.4, -0.2) is 18.9 Å². The van der Waals surface area contributed by atoms with Crippen LogP contribution in [0.1, 0.15) is 52.9 Å². The summed E-state index contributed by atoms with van der Waals surface area (Å²) in [5.41, 5.74) is 0. The van der Waals surface area contributed by atoms with Crippen LogP contribution < -0.4 is 0 Å². The summed E-state index contributed by atoms with van der Waals surface area (Å²) in [6.45, 7) is 6.68. The zero-order valence-corrected chi connectivity index (χ0v) is 9.54. The SMILES string of the molecule is CC1COC(=O)O1.CCCCCCC. The lowest BCUT2D eigenvalue weighted by atomic mass is 10.2. The molecule has 3 heteroatoms. The van der Waals surface area contributed by atoms with Crippen LogP contribution in [0.5, 0.6) is 0 Å². The summed E-state index contributed by atoms with van der Waals surface area (Å²) in [6.07, 6.45) is 6.41. The van der Waals surface area contributed by atoms with Gasteiger partial charge in [-0.25, -0.2) is 4.79 Å². The predicted octanol–water partition coefficient (Wildman–Crippen LogP) is 3.52. The first-order valence-corrected chi connectivity index (χ1v) is 5.54. The van der Waals surface area contributed by atoms with E-state index in [1.807, 2.05) is 0 Å². The molecule has 84 valence electrons. The van der Waals surface area contributed by atoms with E-state index < -0.39 is 6.16 Å². The minimum atomic E-state index is -0.549. The van der Waals surface area contributed by atoms with Gasteiger partial charge in [-0.05, 0) is 6.92 Å². The Morgan fingerprint density at radius 3 is 2.00 bits per heavy atom. The van der Waals surface area contributed by atoms with Gasteiger partial charge in [0.15, 0.2) is 0 Å². The van der Waals surface area contributed by atoms with Gasteiger partial charge in [0.2, 0.25) is 0 Å². The third-order valence-corrected chi connectivity index (χ3v) is 1.94. The standard InChI is InChI=1S/C7H16.C4H6O3/c1-3-5-7-6-4-2;1-3-2-6-4(5)7-3/h3-7H2,1-2H3;3H,2H2,1H3. The van der Waals surface area contributed by atoms with Gasteiger partial charge in [-0.3, -0.25) is 0 Å². The van der Waals surface area contributed by atoms with Gasteiger partial charge in [-0.2, -0.15) is 0 Å². The number of hydrogen-bond acceptors (Lipinski definition) is 3. The molecular weight excluding hydrogens is 180 g/mol. The lowest BCUT2D eigenvalue weighted by Crippen LogP contribution is -2.01. The van der Waals surface area contributed by atoms with E-state index in [4.69, 9.17) is 0 Å². The van der Waals surface area contributed by atoms with E-state index in [0.29, 0.717) is 6.61 Å². The summed E-state index contributed by atoms with van der Waals surface area (Å²) in [4.78, 5) is 10.0. The minimum absolute atomic E-state index is 0.0486. The molecule has 1 rings (SSSR count). The Hall–Kier alpha value is -0.730. The number of hydrogen-bond donors (Lipinski definition) is 0. The van der Waals surface area contributed by atoms with Crippen LogP contribution in [0, 0.1) is 0 Å². The molecule has 1 saturated heterocycles. The Morgan fingerprint density at radius 2 is 1.79 bits per heavy atom. The molecule has 1 aliphatic heterocycles. The number of cyclic esters (lactones) is 2. The van der Waals surface area contributed by atoms with E-state index in [1.165, 1.54) is 32.1 Å². The molecule has 0 amide bonds. The summed E-state index contributed by atoms with van der Waals surface area (Å²) in [5, 5.41) is 0. The van der Waals surface area contributed by atoms with Gasteiger partial charge in [0, 0.05) is 0 Å². The maximum atomic E-state index is 10.0. The minimum Gasteiger partial charge on any atom is -0.430 e. The predicted molar refractivity (Wildman–Crippen MR) is 56.3 cm³/mol. The van der Waals surface area contributed by atoms with Crippen molar-refractivity contribution in [1.29, 1.82) is 0 Å². The largest absolute Gasteiger partial charge is 0.508 e. The summed E-state index contributed by atoms with van der Waals surface area (Å²) in [7, 11) is 0. The number of carbonyl (C=O) groups excluding carboxylic acids is 1. The normalized spacial score (nSPS) is 19.4. The molecular formula is C11H22O3. The molecule has 0 N–H and O–H groups in total. The Bertz CT molecular complexity index is 141. The van der Waals surface area contributed by atoms with Crippen LogP contribution in [0.15, 0.2) is 0 Å². The second kappa shape index (κ2) is 8.85. The maximum absolute atomic E-state index is 10.0. The highest BCUT2D eigenvalue weighted by atomic mass is 16.8. The molecule has 0 aliphatic carbocycles. The molecule has 0 aromatic heterocycles. The molecule has 0 bridgehead atoms. The highest BCUT2D eigenvalue weighted by Crippen LogP contribution is 2.03. The fourth-order valence-electron chi connectivity index (χ4n) is 1.09. The fourth-order valence-corrected chi connectivity index (χ4v) is 1.09. The van der Waals surface area contributed by atoms with E-state index in [1.54, 1.807) is 6.92 Å². The first kappa shape index (κ1) is 13.3. The Labute approximate surface area is 86.8 Å². The van der Waals surface area contributed by atoms with Gasteiger partial charge >= 0.3 is 6.16 Å². The van der Waals surface area contributed by atoms with Crippen molar-refractivity contribution < 1.29 is 14.3 Å². The van der Waals surface area contributed by atoms with Crippen LogP contribution in [0.4, 0.5) is 4.79 Å². The summed E-state index contributed by atoms with van der Waals surface area (Å²) < 4.78 is 8.90. The van der Waals surface area contributed by atoms with Gasteiger partial charge in [-0.1, -0.05) is 46.0 Å². The quantitative estimate of drug-likeness (QED) is 0.517. The van der Waals surface area contributed by atoms with E-state index >= 15 is 0 Å². The molecule has 3 nitrogen and oxygen atoms in total. The van der Waals surface area contributed by atoms with Gasteiger partial charge < -0.3 is 9.47 Å². The number of carbonyl (C=O) groups is 1. The zero-order valence-electron chi connectivity index (χ0n) is 9.54. The Kier molecular flexibility index (Phi) is 8.39. The summed E-state index contributed by atoms with van der Waals surface area (Å²) >= 11 is 0. The second-order valence-corrected chi connectivity index (χ2v) is 3.55. The molecule has 0 saturated carbocycles. The first-order chi connectivity index (χ1) is 6.70. The van der Waals surface area contributed by atoms with Crippen molar-refractivity contribution in [1.82, 2.24) is 0 Å². The van der Waals surface area contributed by atoms with Crippen LogP contribution in [0.3, 0.4) is 0 Å². The highest BCUT2D eigenvalue weighted by molar-refractivity contribution is 5.61. The second-order valence-electron chi connectivity index (χ2n) is 3.55. The van der Waals surface area contributed by atoms with E-state index in [9.17, 15) is 4.79 Å². The van der Waals surface area contributed by atoms with Gasteiger partial charge in [0.25, 0.3) is 0 Å². The molecule has 0 radical (unpaired) electrons. The molecule has 1 heterocycles. The van der Waals surface area contributed by atoms with Crippen molar-refractivity contribution in [3.63, 3.8) is 0 Å². The maximum Gasteiger partial charge on any atom is 0.508 e. The van der Waals surface area contributed by atoms with E-state index in [0.717, 1.165) is 0 Å². The van der Waals surface area contributed by atoms with Gasteiger partial charge in [0.1, 0.15) is 12.7 Å². The number of unbranched alkanes of at least 4 members (excludes halogenated alkanes) is 4. The molecule has 1 fully saturated rings. The number of rotatable bonds is 4. The van der Waals surface area contributed by atoms with Crippen molar-refractivity contribution in [3.8, 4) is 0 Å². The van der Waals surface area contributed by atoms with Crippen LogP contribution >= 0.6 is 0 Å². The van der Waals surface area contributed by atoms with E-state index in [-0.39, 0.29) is 6.10 Å². The van der Waals surface area contributed by atoms with E-state index in [2.05, 4.69) is 23.3 Å². The monoisotopic (exact) mass is 202 g/mol. The lowest BCUT2D eigenvalue weighted by Gasteiger charge is -1.90. The summed E-state index contributed by atoms with van der Waals surface area (Å²) in [6, 6.07) is 0. The average Bonchev–Trinajstić information content (AvgIpc) is 2.52. The molecule has 0 aromatic rings. The fraction of sp³-hybridized carbons (Fsp3) is 0.909. The molecule has 1 atom stereocenters. The van der Waals surface area contributed by atoms with Crippen molar-refractivity contribution in [2.75, 3.05) is 6.61 Å². The van der Waals surface area contributed by atoms with Crippen LogP contribution in [-0.2, 0) is 9.47 Å². The van der Waals surface area contributed by atoms with Crippen molar-refractivity contribution in [3.05, 3.63) is 0 Å². The first-order valence-electron chi connectivity index (χ1n) is 5.54. The van der Waals surface area contributed by atoms with Crippen molar-refractivity contribution in [2.24, 2.45) is 0 Å². The number of ether oxygens (including phenoxy) is 2. The zero-order chi connectivity index (χ0) is 10.8. The highest BCUT2D eigenvalue weighted by Gasteiger charge is 2.19. The lowest BCUT2D eigenvalue weighted by molar-refractivity contribution is 0.121. The molecule has 0 aromatic carbocycles. The van der Waals surface area contributed by atoms with Crippen molar-refractivity contribution >= 4 is 6.16 Å². The van der Waals surface area contributed by atoms with Crippen molar-refractivity contribution in [2.45, 2.75) is 59.0 Å². The molecule has 1 aliphatic rings. The average molecular weight is 202 g/mol. The molecule has 14 heavy (non-hydrogen) atoms. The van der Waals surface area contributed by atoms with Crippen LogP contribution in [0.25, 0.3) is 0 Å². The Morgan fingerprint density at radius 1 is 1.21 bits per heavy atom. The van der Waals surface area contributed by atoms with Gasteiger partial charge in [-0.15, -0.1) is 0 Å². The third kappa shape index (κ3) is 7.90. The Balaban J connectivity index is 0.000000241. The molecule has 1 unspecified atom stereocenters. The summed E-state index contributed by atoms with van der Waals surface area (Å²) in [5.74, 6) is 0. The molecule has 0 spiro atoms.